The van der Waals surface area contributed by atoms with Gasteiger partial charge in [-0.25, -0.2) is 10.8 Å². The van der Waals surface area contributed by atoms with Gasteiger partial charge in [-0.2, -0.15) is 0 Å². The molecule has 3 nitrogen and oxygen atoms in total. The third-order valence-corrected chi connectivity index (χ3v) is 3.68. The molecule has 2 aromatic carbocycles. The lowest BCUT2D eigenvalue weighted by Crippen LogP contribution is -2.10. The fourth-order valence-electron chi connectivity index (χ4n) is 2.31. The van der Waals surface area contributed by atoms with Crippen LogP contribution in [0.4, 0.5) is 5.82 Å². The van der Waals surface area contributed by atoms with Crippen molar-refractivity contribution in [2.24, 2.45) is 5.84 Å². The van der Waals surface area contributed by atoms with Crippen LogP contribution in [0, 0.1) is 6.92 Å². The van der Waals surface area contributed by atoms with Gasteiger partial charge in [-0.15, -0.1) is 0 Å². The Morgan fingerprint density at radius 1 is 1.10 bits per heavy atom. The van der Waals surface area contributed by atoms with Gasteiger partial charge in [-0.1, -0.05) is 48.0 Å². The summed E-state index contributed by atoms with van der Waals surface area (Å²) in [6.45, 7) is 2.01. The van der Waals surface area contributed by atoms with E-state index in [9.17, 15) is 0 Å². The molecule has 0 spiro atoms. The van der Waals surface area contributed by atoms with Crippen molar-refractivity contribution in [1.29, 1.82) is 0 Å². The van der Waals surface area contributed by atoms with E-state index in [4.69, 9.17) is 17.4 Å². The summed E-state index contributed by atoms with van der Waals surface area (Å²) >= 11 is 6.29. The highest BCUT2D eigenvalue weighted by Gasteiger charge is 2.11. The van der Waals surface area contributed by atoms with E-state index >= 15 is 0 Å². The average Bonchev–Trinajstić information content (AvgIpc) is 2.51. The van der Waals surface area contributed by atoms with E-state index in [1.54, 1.807) is 0 Å². The highest BCUT2D eigenvalue weighted by Crippen LogP contribution is 2.33. The number of pyridine rings is 1. The fourth-order valence-corrected chi connectivity index (χ4v) is 2.52. The Labute approximate surface area is 122 Å². The predicted molar refractivity (Wildman–Crippen MR) is 84.7 cm³/mol. The van der Waals surface area contributed by atoms with Crippen LogP contribution in [-0.4, -0.2) is 4.98 Å². The standard InChI is InChI=1S/C16H14ClN3/c1-10-7-8-14(17)13-9-12(11-5-3-2-4-6-11)16(20-18)19-15(10)13/h2-9H,18H2,1H3,(H,19,20). The summed E-state index contributed by atoms with van der Waals surface area (Å²) in [4.78, 5) is 4.61. The summed E-state index contributed by atoms with van der Waals surface area (Å²) in [7, 11) is 0. The summed E-state index contributed by atoms with van der Waals surface area (Å²) < 4.78 is 0. The molecule has 0 fully saturated rings. The minimum Gasteiger partial charge on any atom is -0.308 e. The van der Waals surface area contributed by atoms with E-state index in [-0.39, 0.29) is 0 Å². The van der Waals surface area contributed by atoms with Gasteiger partial charge in [0.25, 0.3) is 0 Å². The average molecular weight is 284 g/mol. The maximum absolute atomic E-state index is 6.29. The number of nitrogens with two attached hydrogens (primary N) is 1. The minimum atomic E-state index is 0.647. The number of halogens is 1. The number of nitrogens with zero attached hydrogens (tertiary/aromatic N) is 1. The van der Waals surface area contributed by atoms with Crippen molar-refractivity contribution in [3.05, 3.63) is 59.1 Å². The van der Waals surface area contributed by atoms with Gasteiger partial charge in [-0.05, 0) is 30.2 Å². The highest BCUT2D eigenvalue weighted by molar-refractivity contribution is 6.35. The van der Waals surface area contributed by atoms with Crippen LogP contribution < -0.4 is 11.3 Å². The van der Waals surface area contributed by atoms with Gasteiger partial charge in [0.15, 0.2) is 0 Å². The normalized spacial score (nSPS) is 10.8. The molecule has 3 N–H and O–H groups in total. The van der Waals surface area contributed by atoms with E-state index in [0.29, 0.717) is 10.8 Å². The number of hydrazine groups is 1. The molecule has 4 heteroatoms. The van der Waals surface area contributed by atoms with Crippen LogP contribution in [-0.2, 0) is 0 Å². The smallest absolute Gasteiger partial charge is 0.148 e. The molecule has 0 atom stereocenters. The number of hydrogen-bond donors (Lipinski definition) is 2. The molecule has 0 unspecified atom stereocenters. The lowest BCUT2D eigenvalue weighted by Gasteiger charge is -2.12. The lowest BCUT2D eigenvalue weighted by molar-refractivity contribution is 1.25. The van der Waals surface area contributed by atoms with Gasteiger partial charge in [0, 0.05) is 10.9 Å². The number of benzene rings is 2. The van der Waals surface area contributed by atoms with E-state index in [0.717, 1.165) is 27.6 Å². The molecule has 0 aliphatic carbocycles. The molecule has 0 radical (unpaired) electrons. The minimum absolute atomic E-state index is 0.647. The first-order valence-electron chi connectivity index (χ1n) is 6.32. The monoisotopic (exact) mass is 283 g/mol. The van der Waals surface area contributed by atoms with Crippen molar-refractivity contribution in [1.82, 2.24) is 4.98 Å². The van der Waals surface area contributed by atoms with Crippen molar-refractivity contribution in [3.8, 4) is 11.1 Å². The first kappa shape index (κ1) is 12.9. The molecule has 0 aliphatic rings. The van der Waals surface area contributed by atoms with Gasteiger partial charge in [0.05, 0.1) is 10.5 Å². The summed E-state index contributed by atoms with van der Waals surface area (Å²) in [5, 5.41) is 1.63. The van der Waals surface area contributed by atoms with E-state index < -0.39 is 0 Å². The molecule has 0 saturated heterocycles. The van der Waals surface area contributed by atoms with E-state index in [1.165, 1.54) is 0 Å². The largest absolute Gasteiger partial charge is 0.308 e. The summed E-state index contributed by atoms with van der Waals surface area (Å²) in [6, 6.07) is 15.9. The van der Waals surface area contributed by atoms with Crippen LogP contribution in [0.3, 0.4) is 0 Å². The van der Waals surface area contributed by atoms with Gasteiger partial charge in [-0.3, -0.25) is 0 Å². The number of aromatic nitrogens is 1. The SMILES string of the molecule is Cc1ccc(Cl)c2cc(-c3ccccc3)c(NN)nc12. The molecule has 1 aromatic heterocycles. The Morgan fingerprint density at radius 2 is 1.85 bits per heavy atom. The Hall–Kier alpha value is -2.10. The summed E-state index contributed by atoms with van der Waals surface area (Å²) in [5.74, 6) is 6.27. The first-order valence-corrected chi connectivity index (χ1v) is 6.70. The number of rotatable bonds is 2. The quantitative estimate of drug-likeness (QED) is 0.549. The molecular formula is C16H14ClN3. The molecule has 20 heavy (non-hydrogen) atoms. The molecule has 0 aliphatic heterocycles. The summed E-state index contributed by atoms with van der Waals surface area (Å²) in [6.07, 6.45) is 0. The lowest BCUT2D eigenvalue weighted by atomic mass is 10.0. The Kier molecular flexibility index (Phi) is 3.30. The van der Waals surface area contributed by atoms with E-state index in [2.05, 4.69) is 10.4 Å². The van der Waals surface area contributed by atoms with Gasteiger partial charge < -0.3 is 5.43 Å². The third kappa shape index (κ3) is 2.11. The van der Waals surface area contributed by atoms with Crippen molar-refractivity contribution < 1.29 is 0 Å². The molecule has 0 amide bonds. The molecule has 0 saturated carbocycles. The highest BCUT2D eigenvalue weighted by atomic mass is 35.5. The first-order chi connectivity index (χ1) is 9.70. The third-order valence-electron chi connectivity index (χ3n) is 3.35. The van der Waals surface area contributed by atoms with Crippen molar-refractivity contribution >= 4 is 28.3 Å². The van der Waals surface area contributed by atoms with Crippen molar-refractivity contribution in [2.45, 2.75) is 6.92 Å². The molecular weight excluding hydrogens is 270 g/mol. The van der Waals surface area contributed by atoms with Crippen LogP contribution in [0.5, 0.6) is 0 Å². The second-order valence-electron chi connectivity index (χ2n) is 4.66. The van der Waals surface area contributed by atoms with E-state index in [1.807, 2.05) is 55.5 Å². The van der Waals surface area contributed by atoms with Crippen LogP contribution in [0.2, 0.25) is 5.02 Å². The van der Waals surface area contributed by atoms with Gasteiger partial charge in [0.1, 0.15) is 5.82 Å². The van der Waals surface area contributed by atoms with Gasteiger partial charge in [0.2, 0.25) is 0 Å². The Bertz CT molecular complexity index is 770. The molecule has 1 heterocycles. The second kappa shape index (κ2) is 5.12. The van der Waals surface area contributed by atoms with Crippen LogP contribution in [0.1, 0.15) is 5.56 Å². The Balaban J connectivity index is 2.35. The zero-order chi connectivity index (χ0) is 14.1. The number of nitrogens with one attached hydrogen (secondary N) is 1. The van der Waals surface area contributed by atoms with Gasteiger partial charge >= 0.3 is 0 Å². The second-order valence-corrected chi connectivity index (χ2v) is 5.06. The zero-order valence-corrected chi connectivity index (χ0v) is 11.8. The van der Waals surface area contributed by atoms with Crippen LogP contribution in [0.15, 0.2) is 48.5 Å². The molecule has 0 bridgehead atoms. The van der Waals surface area contributed by atoms with Crippen LogP contribution >= 0.6 is 11.6 Å². The number of fused-ring (bicyclic) bond motifs is 1. The number of nitrogen functional groups attached to an aromatic ring is 1. The van der Waals surface area contributed by atoms with Crippen molar-refractivity contribution in [3.63, 3.8) is 0 Å². The maximum atomic E-state index is 6.29. The Morgan fingerprint density at radius 3 is 2.55 bits per heavy atom. The molecule has 3 rings (SSSR count). The fraction of sp³-hybridized carbons (Fsp3) is 0.0625. The zero-order valence-electron chi connectivity index (χ0n) is 11.0. The molecule has 100 valence electrons. The topological polar surface area (TPSA) is 50.9 Å². The summed E-state index contributed by atoms with van der Waals surface area (Å²) in [5.41, 5.74) is 6.60. The number of anilines is 1. The van der Waals surface area contributed by atoms with Crippen LogP contribution in [0.25, 0.3) is 22.0 Å². The predicted octanol–water partition coefficient (Wildman–Crippen LogP) is 4.15. The molecule has 3 aromatic rings. The maximum Gasteiger partial charge on any atom is 0.148 e. The van der Waals surface area contributed by atoms with Crippen molar-refractivity contribution in [2.75, 3.05) is 5.43 Å². The number of aryl methyl sites for hydroxylation is 1. The number of hydrogen-bond acceptors (Lipinski definition) is 3.